The molecule has 9 nitrogen and oxygen atoms in total. The van der Waals surface area contributed by atoms with Crippen molar-refractivity contribution >= 4 is 28.6 Å². The molecule has 2 aromatic carbocycles. The van der Waals surface area contributed by atoms with Crippen LogP contribution in [0.3, 0.4) is 0 Å². The average Bonchev–Trinajstić information content (AvgIpc) is 2.89. The molecule has 4 amide bonds. The third kappa shape index (κ3) is 4.19. The number of nitrogens with zero attached hydrogens (tertiary/aromatic N) is 4. The third-order valence-electron chi connectivity index (χ3n) is 6.74. The van der Waals surface area contributed by atoms with Crippen molar-refractivity contribution in [3.05, 3.63) is 78.1 Å². The molecule has 0 bridgehead atoms. The zero-order valence-electron chi connectivity index (χ0n) is 19.6. The van der Waals surface area contributed by atoms with Gasteiger partial charge in [0, 0.05) is 25.5 Å². The van der Waals surface area contributed by atoms with Crippen LogP contribution in [0.15, 0.2) is 67.0 Å². The van der Waals surface area contributed by atoms with Crippen LogP contribution in [0, 0.1) is 0 Å². The molecule has 0 saturated carbocycles. The van der Waals surface area contributed by atoms with E-state index in [1.807, 2.05) is 61.5 Å². The fourth-order valence-corrected chi connectivity index (χ4v) is 4.90. The summed E-state index contributed by atoms with van der Waals surface area (Å²) in [6, 6.07) is 16.0. The Bertz CT molecular complexity index is 1260. The van der Waals surface area contributed by atoms with Gasteiger partial charge in [-0.15, -0.1) is 0 Å². The van der Waals surface area contributed by atoms with Gasteiger partial charge in [0.05, 0.1) is 6.04 Å². The molecule has 35 heavy (non-hydrogen) atoms. The van der Waals surface area contributed by atoms with Crippen molar-refractivity contribution in [2.75, 3.05) is 6.61 Å². The zero-order chi connectivity index (χ0) is 24.5. The van der Waals surface area contributed by atoms with Crippen molar-refractivity contribution in [3.63, 3.8) is 0 Å². The van der Waals surface area contributed by atoms with Crippen LogP contribution in [0.1, 0.15) is 25.0 Å². The first-order valence-electron chi connectivity index (χ1n) is 11.6. The number of benzene rings is 2. The van der Waals surface area contributed by atoms with Crippen molar-refractivity contribution in [1.29, 1.82) is 0 Å². The van der Waals surface area contributed by atoms with E-state index in [4.69, 9.17) is 4.84 Å². The highest BCUT2D eigenvalue weighted by molar-refractivity contribution is 5.91. The molecule has 0 unspecified atom stereocenters. The minimum atomic E-state index is -0.753. The molecule has 2 aliphatic heterocycles. The summed E-state index contributed by atoms with van der Waals surface area (Å²) in [5.41, 5.74) is 1.89. The minimum absolute atomic E-state index is 0.158. The Balaban J connectivity index is 1.42. The van der Waals surface area contributed by atoms with E-state index in [0.717, 1.165) is 21.9 Å². The maximum absolute atomic E-state index is 13.4. The van der Waals surface area contributed by atoms with Gasteiger partial charge in [0.15, 0.2) is 12.8 Å². The molecule has 3 atom stereocenters. The topological polar surface area (TPSA) is 95.1 Å². The lowest BCUT2D eigenvalue weighted by atomic mass is 9.99. The SMILES string of the molecule is C[C@H]1[C@@H]2N(C(=O)NCc3ccncc3)OCC(=O)N2[C@@H](C)C(=O)N1Cc1cccc2ccccc12. The maximum atomic E-state index is 13.4. The molecule has 9 heteroatoms. The number of hydroxylamine groups is 2. The Labute approximate surface area is 203 Å². The standard InChI is InChI=1S/C26H27N5O4/c1-17-24-30(23(32)16-35-31(24)26(34)28-14-19-10-12-27-13-11-19)18(2)25(33)29(17)15-21-8-5-7-20-6-3-4-9-22(20)21/h3-13,17-18,24H,14-16H2,1-2H3,(H,28,34)/t17-,18-,24-/m0/s1. The molecule has 180 valence electrons. The van der Waals surface area contributed by atoms with Crippen molar-refractivity contribution in [2.45, 2.75) is 45.2 Å². The molecule has 2 fully saturated rings. The number of piperazine rings is 1. The first-order chi connectivity index (χ1) is 17.0. The maximum Gasteiger partial charge on any atom is 0.343 e. The second-order valence-electron chi connectivity index (χ2n) is 8.85. The van der Waals surface area contributed by atoms with E-state index in [2.05, 4.69) is 10.3 Å². The fraction of sp³-hybridized carbons (Fsp3) is 0.308. The quantitative estimate of drug-likeness (QED) is 0.629. The molecular formula is C26H27N5O4. The van der Waals surface area contributed by atoms with Crippen LogP contribution < -0.4 is 5.32 Å². The van der Waals surface area contributed by atoms with E-state index in [-0.39, 0.29) is 25.0 Å². The third-order valence-corrected chi connectivity index (χ3v) is 6.74. The largest absolute Gasteiger partial charge is 0.343 e. The number of aromatic nitrogens is 1. The van der Waals surface area contributed by atoms with E-state index in [1.54, 1.807) is 24.2 Å². The lowest BCUT2D eigenvalue weighted by Gasteiger charge is -2.53. The van der Waals surface area contributed by atoms with Crippen molar-refractivity contribution in [2.24, 2.45) is 0 Å². The van der Waals surface area contributed by atoms with Gasteiger partial charge >= 0.3 is 6.03 Å². The van der Waals surface area contributed by atoms with Gasteiger partial charge in [-0.25, -0.2) is 4.79 Å². The first-order valence-corrected chi connectivity index (χ1v) is 11.6. The van der Waals surface area contributed by atoms with E-state index in [1.165, 1.54) is 9.96 Å². The summed E-state index contributed by atoms with van der Waals surface area (Å²) in [5.74, 6) is -0.472. The molecule has 2 saturated heterocycles. The number of amides is 4. The summed E-state index contributed by atoms with van der Waals surface area (Å²) >= 11 is 0. The van der Waals surface area contributed by atoms with Crippen LogP contribution in [0.2, 0.25) is 0 Å². The fourth-order valence-electron chi connectivity index (χ4n) is 4.90. The summed E-state index contributed by atoms with van der Waals surface area (Å²) in [5, 5.41) is 6.20. The number of hydrogen-bond donors (Lipinski definition) is 1. The smallest absolute Gasteiger partial charge is 0.332 e. The Hall–Kier alpha value is -3.98. The van der Waals surface area contributed by atoms with Gasteiger partial charge in [-0.3, -0.25) is 19.4 Å². The molecule has 2 aliphatic rings. The van der Waals surface area contributed by atoms with E-state index >= 15 is 0 Å². The highest BCUT2D eigenvalue weighted by Gasteiger charge is 2.52. The lowest BCUT2D eigenvalue weighted by Crippen LogP contribution is -2.74. The summed E-state index contributed by atoms with van der Waals surface area (Å²) in [6.07, 6.45) is 2.55. The van der Waals surface area contributed by atoms with Gasteiger partial charge in [-0.1, -0.05) is 42.5 Å². The summed E-state index contributed by atoms with van der Waals surface area (Å²) in [6.45, 7) is 3.89. The average molecular weight is 474 g/mol. The predicted molar refractivity (Wildman–Crippen MR) is 128 cm³/mol. The second-order valence-corrected chi connectivity index (χ2v) is 8.85. The van der Waals surface area contributed by atoms with Gasteiger partial charge in [0.2, 0.25) is 5.91 Å². The number of nitrogens with one attached hydrogen (secondary N) is 1. The number of rotatable bonds is 4. The number of fused-ring (bicyclic) bond motifs is 2. The van der Waals surface area contributed by atoms with Gasteiger partial charge in [0.1, 0.15) is 6.04 Å². The summed E-state index contributed by atoms with van der Waals surface area (Å²) in [7, 11) is 0. The molecule has 3 heterocycles. The lowest BCUT2D eigenvalue weighted by molar-refractivity contribution is -0.244. The Kier molecular flexibility index (Phi) is 6.08. The number of hydrogen-bond acceptors (Lipinski definition) is 5. The number of carbonyl (C=O) groups excluding carboxylic acids is 3. The van der Waals surface area contributed by atoms with Crippen LogP contribution in [0.5, 0.6) is 0 Å². The van der Waals surface area contributed by atoms with Crippen molar-refractivity contribution in [1.82, 2.24) is 25.2 Å². The number of carbonyl (C=O) groups is 3. The Morgan fingerprint density at radius 1 is 1.06 bits per heavy atom. The second kappa shape index (κ2) is 9.34. The number of urea groups is 1. The van der Waals surface area contributed by atoms with Crippen LogP contribution in [0.25, 0.3) is 10.8 Å². The summed E-state index contributed by atoms with van der Waals surface area (Å²) in [4.78, 5) is 52.2. The highest BCUT2D eigenvalue weighted by atomic mass is 16.7. The van der Waals surface area contributed by atoms with Gasteiger partial charge < -0.3 is 15.1 Å². The van der Waals surface area contributed by atoms with Crippen LogP contribution in [-0.4, -0.2) is 62.5 Å². The highest BCUT2D eigenvalue weighted by Crippen LogP contribution is 2.31. The molecule has 0 radical (unpaired) electrons. The van der Waals surface area contributed by atoms with Crippen molar-refractivity contribution < 1.29 is 19.2 Å². The molecular weight excluding hydrogens is 446 g/mol. The monoisotopic (exact) mass is 473 g/mol. The predicted octanol–water partition coefficient (Wildman–Crippen LogP) is 2.67. The Morgan fingerprint density at radius 3 is 2.60 bits per heavy atom. The van der Waals surface area contributed by atoms with E-state index < -0.39 is 24.3 Å². The normalized spacial score (nSPS) is 22.3. The van der Waals surface area contributed by atoms with Crippen LogP contribution >= 0.6 is 0 Å². The molecule has 5 rings (SSSR count). The van der Waals surface area contributed by atoms with Gasteiger partial charge in [0.25, 0.3) is 5.91 Å². The van der Waals surface area contributed by atoms with Crippen LogP contribution in [0.4, 0.5) is 4.79 Å². The van der Waals surface area contributed by atoms with E-state index in [9.17, 15) is 14.4 Å². The summed E-state index contributed by atoms with van der Waals surface area (Å²) < 4.78 is 0. The minimum Gasteiger partial charge on any atom is -0.332 e. The molecule has 1 aromatic heterocycles. The zero-order valence-corrected chi connectivity index (χ0v) is 19.6. The Morgan fingerprint density at radius 2 is 1.80 bits per heavy atom. The molecule has 0 aliphatic carbocycles. The van der Waals surface area contributed by atoms with Gasteiger partial charge in [-0.2, -0.15) is 5.06 Å². The molecule has 1 N–H and O–H groups in total. The number of pyridine rings is 1. The van der Waals surface area contributed by atoms with Crippen molar-refractivity contribution in [3.8, 4) is 0 Å². The van der Waals surface area contributed by atoms with Gasteiger partial charge in [-0.05, 0) is 47.9 Å². The molecule has 0 spiro atoms. The van der Waals surface area contributed by atoms with Crippen LogP contribution in [-0.2, 0) is 27.5 Å². The first kappa shape index (κ1) is 22.8. The molecule has 3 aromatic rings. The van der Waals surface area contributed by atoms with E-state index in [0.29, 0.717) is 6.54 Å².